The number of benzene rings is 3. The fraction of sp³-hybridized carbons (Fsp3) is 0.323. The van der Waals surface area contributed by atoms with E-state index in [1.165, 1.54) is 0 Å². The number of nitrogens with two attached hydrogens (primary N) is 3. The Balaban J connectivity index is 1.72. The number of hydrogen-bond acceptors (Lipinski definition) is 9. The number of rotatable bonds is 15. The summed E-state index contributed by atoms with van der Waals surface area (Å²) in [6.07, 6.45) is -0.0426. The van der Waals surface area contributed by atoms with Crippen LogP contribution >= 0.6 is 12.6 Å². The van der Waals surface area contributed by atoms with Crippen molar-refractivity contribution in [2.45, 2.75) is 55.5 Å². The van der Waals surface area contributed by atoms with Crippen LogP contribution in [0.2, 0.25) is 0 Å². The average molecular weight is 580 g/mol. The number of aliphatic carboxylic acids is 1. The molecule has 41 heavy (non-hydrogen) atoms. The Morgan fingerprint density at radius 1 is 0.683 bits per heavy atom. The zero-order valence-corrected chi connectivity index (χ0v) is 23.7. The molecule has 0 heterocycles. The van der Waals surface area contributed by atoms with Crippen molar-refractivity contribution in [1.29, 1.82) is 0 Å². The van der Waals surface area contributed by atoms with Gasteiger partial charge in [-0.3, -0.25) is 10.5 Å². The molecule has 0 spiro atoms. The van der Waals surface area contributed by atoms with E-state index >= 15 is 0 Å². The monoisotopic (exact) mass is 579 g/mol. The van der Waals surface area contributed by atoms with E-state index in [-0.39, 0.29) is 44.5 Å². The SMILES string of the molecule is NC(CCC[C@](N)(OC(=O)[C@@](N)(CS)Cc1ccccc1)C(=O)O)(Cc1ccccc1)C(=O)OCc1ccccc1. The van der Waals surface area contributed by atoms with Crippen LogP contribution in [0.3, 0.4) is 0 Å². The van der Waals surface area contributed by atoms with Gasteiger partial charge in [-0.15, -0.1) is 0 Å². The zero-order chi connectivity index (χ0) is 29.9. The second-order valence-electron chi connectivity index (χ2n) is 10.3. The van der Waals surface area contributed by atoms with Gasteiger partial charge < -0.3 is 26.0 Å². The first-order chi connectivity index (χ1) is 19.5. The van der Waals surface area contributed by atoms with E-state index < -0.39 is 34.7 Å². The van der Waals surface area contributed by atoms with Crippen LogP contribution in [0.15, 0.2) is 91.0 Å². The van der Waals surface area contributed by atoms with Gasteiger partial charge in [0.1, 0.15) is 17.7 Å². The van der Waals surface area contributed by atoms with E-state index in [1.54, 1.807) is 24.3 Å². The summed E-state index contributed by atoms with van der Waals surface area (Å²) in [4.78, 5) is 38.5. The van der Waals surface area contributed by atoms with Crippen molar-refractivity contribution in [2.75, 3.05) is 5.75 Å². The molecule has 0 saturated heterocycles. The molecule has 3 aromatic carbocycles. The highest BCUT2D eigenvalue weighted by molar-refractivity contribution is 7.80. The molecule has 0 amide bonds. The van der Waals surface area contributed by atoms with Gasteiger partial charge in [-0.2, -0.15) is 12.6 Å². The van der Waals surface area contributed by atoms with E-state index in [1.807, 2.05) is 66.7 Å². The number of ether oxygens (including phenoxy) is 2. The number of carboxylic acids is 1. The lowest BCUT2D eigenvalue weighted by Gasteiger charge is -2.33. The molecule has 0 aromatic heterocycles. The van der Waals surface area contributed by atoms with Crippen LogP contribution in [0.4, 0.5) is 0 Å². The van der Waals surface area contributed by atoms with E-state index in [0.29, 0.717) is 0 Å². The van der Waals surface area contributed by atoms with Gasteiger partial charge in [0.25, 0.3) is 5.72 Å². The maximum Gasteiger partial charge on any atom is 0.363 e. The molecule has 0 aliphatic rings. The Morgan fingerprint density at radius 2 is 1.15 bits per heavy atom. The largest absolute Gasteiger partial charge is 0.477 e. The second-order valence-corrected chi connectivity index (χ2v) is 10.6. The highest BCUT2D eigenvalue weighted by Gasteiger charge is 2.45. The smallest absolute Gasteiger partial charge is 0.363 e. The molecule has 3 aromatic rings. The Morgan fingerprint density at radius 3 is 1.61 bits per heavy atom. The number of esters is 2. The maximum absolute atomic E-state index is 13.2. The average Bonchev–Trinajstić information content (AvgIpc) is 2.97. The number of thiol groups is 1. The number of carboxylic acid groups (broad SMARTS) is 1. The Labute approximate surface area is 245 Å². The standard InChI is InChI=1S/C31H37N3O6S/c32-29(19-23-11-4-1-5-12-23,27(37)39-21-25-15-8-3-9-16-25)17-10-18-31(34,26(35)36)40-28(38)30(33,22-41)20-24-13-6-2-7-14-24/h1-9,11-16,41H,10,17-22,32-34H2,(H,35,36)/t29?,30-,31-/m0/s1. The van der Waals surface area contributed by atoms with Crippen LogP contribution in [0.25, 0.3) is 0 Å². The fourth-order valence-electron chi connectivity index (χ4n) is 4.38. The van der Waals surface area contributed by atoms with Crippen molar-refractivity contribution in [3.05, 3.63) is 108 Å². The van der Waals surface area contributed by atoms with Crippen molar-refractivity contribution >= 4 is 30.5 Å². The van der Waals surface area contributed by atoms with Gasteiger partial charge >= 0.3 is 17.9 Å². The summed E-state index contributed by atoms with van der Waals surface area (Å²) < 4.78 is 10.9. The van der Waals surface area contributed by atoms with E-state index in [4.69, 9.17) is 26.7 Å². The van der Waals surface area contributed by atoms with Gasteiger partial charge in [-0.1, -0.05) is 91.0 Å². The lowest BCUT2D eigenvalue weighted by molar-refractivity contribution is -0.182. The first-order valence-corrected chi connectivity index (χ1v) is 13.9. The van der Waals surface area contributed by atoms with Crippen molar-refractivity contribution in [1.82, 2.24) is 0 Å². The van der Waals surface area contributed by atoms with Crippen molar-refractivity contribution in [2.24, 2.45) is 17.2 Å². The van der Waals surface area contributed by atoms with Gasteiger partial charge in [0, 0.05) is 25.0 Å². The van der Waals surface area contributed by atoms with Crippen LogP contribution in [0.1, 0.15) is 36.0 Å². The minimum absolute atomic E-state index is 0.0175. The van der Waals surface area contributed by atoms with E-state index in [9.17, 15) is 19.5 Å². The Hall–Kier alpha value is -3.70. The third kappa shape index (κ3) is 8.89. The zero-order valence-electron chi connectivity index (χ0n) is 22.8. The minimum Gasteiger partial charge on any atom is -0.477 e. The quantitative estimate of drug-likeness (QED) is 0.103. The van der Waals surface area contributed by atoms with Crippen molar-refractivity contribution in [3.63, 3.8) is 0 Å². The lowest BCUT2D eigenvalue weighted by atomic mass is 9.85. The van der Waals surface area contributed by atoms with Gasteiger partial charge in [-0.25, -0.2) is 9.59 Å². The minimum atomic E-state index is -2.40. The highest BCUT2D eigenvalue weighted by atomic mass is 32.1. The summed E-state index contributed by atoms with van der Waals surface area (Å²) in [5, 5.41) is 9.91. The molecule has 0 fully saturated rings. The molecular formula is C31H37N3O6S. The van der Waals surface area contributed by atoms with Crippen LogP contribution in [0.5, 0.6) is 0 Å². The summed E-state index contributed by atoms with van der Waals surface area (Å²) in [5.74, 6) is -3.29. The van der Waals surface area contributed by atoms with Crippen LogP contribution in [0, 0.1) is 0 Å². The predicted octanol–water partition coefficient (Wildman–Crippen LogP) is 2.99. The van der Waals surface area contributed by atoms with Crippen molar-refractivity contribution in [3.8, 4) is 0 Å². The van der Waals surface area contributed by atoms with Crippen LogP contribution in [-0.4, -0.2) is 45.6 Å². The molecule has 218 valence electrons. The molecule has 10 heteroatoms. The first-order valence-electron chi connectivity index (χ1n) is 13.2. The number of carbonyl (C=O) groups is 3. The molecule has 9 nitrogen and oxygen atoms in total. The lowest BCUT2D eigenvalue weighted by Crippen LogP contribution is -2.60. The van der Waals surface area contributed by atoms with Crippen LogP contribution < -0.4 is 17.2 Å². The first kappa shape index (κ1) is 31.8. The van der Waals surface area contributed by atoms with Crippen LogP contribution in [-0.2, 0) is 43.3 Å². The number of hydrogen-bond donors (Lipinski definition) is 5. The fourth-order valence-corrected chi connectivity index (χ4v) is 4.62. The summed E-state index contributed by atoms with van der Waals surface area (Å²) in [6.45, 7) is 0.0324. The van der Waals surface area contributed by atoms with E-state index in [0.717, 1.165) is 16.7 Å². The van der Waals surface area contributed by atoms with Gasteiger partial charge in [0.15, 0.2) is 0 Å². The third-order valence-corrected chi connectivity index (χ3v) is 7.40. The topological polar surface area (TPSA) is 168 Å². The molecule has 0 bridgehead atoms. The molecule has 0 saturated carbocycles. The molecule has 0 aliphatic heterocycles. The highest BCUT2D eigenvalue weighted by Crippen LogP contribution is 2.25. The summed E-state index contributed by atoms with van der Waals surface area (Å²) in [6, 6.07) is 27.3. The molecule has 1 unspecified atom stereocenters. The normalized spacial score (nSPS) is 15.5. The van der Waals surface area contributed by atoms with E-state index in [2.05, 4.69) is 12.6 Å². The molecule has 3 atom stereocenters. The second kappa shape index (κ2) is 14.3. The Bertz CT molecular complexity index is 1300. The summed E-state index contributed by atoms with van der Waals surface area (Å²) in [7, 11) is 0. The Kier molecular flexibility index (Phi) is 11.1. The molecule has 7 N–H and O–H groups in total. The molecular weight excluding hydrogens is 542 g/mol. The molecule has 3 rings (SSSR count). The molecule has 0 radical (unpaired) electrons. The van der Waals surface area contributed by atoms with Gasteiger partial charge in [0.05, 0.1) is 0 Å². The van der Waals surface area contributed by atoms with Gasteiger partial charge in [-0.05, 0) is 29.5 Å². The third-order valence-electron chi connectivity index (χ3n) is 6.84. The predicted molar refractivity (Wildman–Crippen MR) is 159 cm³/mol. The van der Waals surface area contributed by atoms with Gasteiger partial charge in [0.2, 0.25) is 0 Å². The number of carbonyl (C=O) groups excluding carboxylic acids is 2. The summed E-state index contributed by atoms with van der Waals surface area (Å²) >= 11 is 4.21. The maximum atomic E-state index is 13.2. The molecule has 0 aliphatic carbocycles. The summed E-state index contributed by atoms with van der Waals surface area (Å²) in [5.41, 5.74) is 15.9. The van der Waals surface area contributed by atoms with Crippen molar-refractivity contribution < 1.29 is 29.0 Å².